The molecule has 132 valence electrons. The summed E-state index contributed by atoms with van der Waals surface area (Å²) in [7, 11) is 1.61. The number of hydrogen-bond donors (Lipinski definition) is 2. The van der Waals surface area contributed by atoms with Gasteiger partial charge in [0.25, 0.3) is 5.91 Å². The molecule has 25 heavy (non-hydrogen) atoms. The fraction of sp³-hybridized carbons (Fsp3) is 0.263. The van der Waals surface area contributed by atoms with Crippen LogP contribution in [0.25, 0.3) is 0 Å². The zero-order chi connectivity index (χ0) is 18.6. The van der Waals surface area contributed by atoms with Gasteiger partial charge in [0, 0.05) is 15.7 Å². The van der Waals surface area contributed by atoms with E-state index < -0.39 is 0 Å². The largest absolute Gasteiger partial charge is 0.497 e. The molecule has 1 amide bonds. The van der Waals surface area contributed by atoms with E-state index in [1.807, 2.05) is 36.4 Å². The molecular weight excluding hydrogens is 400 g/mol. The fourth-order valence-electron chi connectivity index (χ4n) is 2.28. The minimum atomic E-state index is -0.257. The number of carbonyl (C=O) groups excluding carboxylic acids is 1. The molecule has 0 unspecified atom stereocenters. The molecule has 0 heterocycles. The third kappa shape index (κ3) is 5.28. The van der Waals surface area contributed by atoms with E-state index in [4.69, 9.17) is 17.0 Å². The molecule has 0 spiro atoms. The summed E-state index contributed by atoms with van der Waals surface area (Å²) in [6.07, 6.45) is 0. The van der Waals surface area contributed by atoms with Crippen LogP contribution in [0.4, 0.5) is 5.69 Å². The van der Waals surface area contributed by atoms with Gasteiger partial charge < -0.3 is 10.1 Å². The van der Waals surface area contributed by atoms with Crippen LogP contribution >= 0.6 is 28.1 Å². The van der Waals surface area contributed by atoms with Crippen LogP contribution in [0.15, 0.2) is 46.9 Å². The Labute approximate surface area is 162 Å². The second-order valence-electron chi connectivity index (χ2n) is 6.58. The number of anilines is 1. The molecule has 6 heteroatoms. The van der Waals surface area contributed by atoms with Crippen molar-refractivity contribution in [3.63, 3.8) is 0 Å². The highest BCUT2D eigenvalue weighted by atomic mass is 79.9. The first-order valence-electron chi connectivity index (χ1n) is 7.77. The quantitative estimate of drug-likeness (QED) is 0.694. The third-order valence-electron chi connectivity index (χ3n) is 3.61. The van der Waals surface area contributed by atoms with Crippen LogP contribution < -0.4 is 15.4 Å². The maximum Gasteiger partial charge on any atom is 0.257 e. The molecule has 0 aliphatic rings. The summed E-state index contributed by atoms with van der Waals surface area (Å²) in [5, 5.41) is 5.91. The molecule has 0 saturated carbocycles. The van der Waals surface area contributed by atoms with Gasteiger partial charge in [0.05, 0.1) is 7.11 Å². The van der Waals surface area contributed by atoms with Gasteiger partial charge in [-0.1, -0.05) is 42.8 Å². The first kappa shape index (κ1) is 19.4. The predicted molar refractivity (Wildman–Crippen MR) is 110 cm³/mol. The first-order chi connectivity index (χ1) is 11.7. The van der Waals surface area contributed by atoms with Crippen LogP contribution in [0.2, 0.25) is 0 Å². The van der Waals surface area contributed by atoms with Gasteiger partial charge in [-0.15, -0.1) is 0 Å². The van der Waals surface area contributed by atoms with Crippen molar-refractivity contribution in [3.8, 4) is 5.75 Å². The van der Waals surface area contributed by atoms with Crippen molar-refractivity contribution in [1.29, 1.82) is 0 Å². The molecule has 0 aliphatic heterocycles. The van der Waals surface area contributed by atoms with Gasteiger partial charge in [-0.05, 0) is 59.6 Å². The molecular formula is C19H21BrN2O2S. The molecule has 2 aromatic carbocycles. The zero-order valence-electron chi connectivity index (χ0n) is 14.6. The van der Waals surface area contributed by atoms with Crippen LogP contribution in [0.1, 0.15) is 36.7 Å². The van der Waals surface area contributed by atoms with Gasteiger partial charge in [-0.2, -0.15) is 0 Å². The van der Waals surface area contributed by atoms with E-state index in [0.717, 1.165) is 21.5 Å². The third-order valence-corrected chi connectivity index (χ3v) is 4.47. The van der Waals surface area contributed by atoms with Gasteiger partial charge in [0.2, 0.25) is 0 Å². The lowest BCUT2D eigenvalue weighted by atomic mass is 9.86. The fourth-order valence-corrected chi connectivity index (χ4v) is 3.46. The molecule has 2 aromatic rings. The van der Waals surface area contributed by atoms with Crippen LogP contribution in [-0.4, -0.2) is 18.1 Å². The summed E-state index contributed by atoms with van der Waals surface area (Å²) in [5.41, 5.74) is 2.45. The van der Waals surface area contributed by atoms with Crippen LogP contribution in [0, 0.1) is 0 Å². The molecule has 0 bridgehead atoms. The normalized spacial score (nSPS) is 10.9. The number of methoxy groups -OCH3 is 1. The Morgan fingerprint density at radius 2 is 1.76 bits per heavy atom. The van der Waals surface area contributed by atoms with E-state index >= 15 is 0 Å². The number of halogens is 1. The lowest BCUT2D eigenvalue weighted by Gasteiger charge is -2.21. The van der Waals surface area contributed by atoms with Crippen molar-refractivity contribution < 1.29 is 9.53 Å². The number of nitrogens with one attached hydrogen (secondary N) is 2. The number of amides is 1. The highest BCUT2D eigenvalue weighted by Crippen LogP contribution is 2.30. The van der Waals surface area contributed by atoms with E-state index in [9.17, 15) is 4.79 Å². The number of hydrogen-bond acceptors (Lipinski definition) is 3. The molecule has 0 atom stereocenters. The summed E-state index contributed by atoms with van der Waals surface area (Å²) in [6.45, 7) is 6.38. The standard InChI is InChI=1S/C19H21BrN2O2S/c1-19(2,3)15-10-5-12(11-16(15)20)17(23)22-18(25)21-13-6-8-14(24-4)9-7-13/h5-11H,1-4H3,(H2,21,22,23,25). The number of ether oxygens (including phenoxy) is 1. The maximum atomic E-state index is 12.4. The van der Waals surface area contributed by atoms with Crippen molar-refractivity contribution in [2.45, 2.75) is 26.2 Å². The number of thiocarbonyl (C=S) groups is 1. The first-order valence-corrected chi connectivity index (χ1v) is 8.97. The lowest BCUT2D eigenvalue weighted by Crippen LogP contribution is -2.34. The average Bonchev–Trinajstić information content (AvgIpc) is 2.54. The van der Waals surface area contributed by atoms with Crippen molar-refractivity contribution in [2.75, 3.05) is 12.4 Å². The van der Waals surface area contributed by atoms with Gasteiger partial charge in [-0.3, -0.25) is 10.1 Å². The Morgan fingerprint density at radius 3 is 2.28 bits per heavy atom. The predicted octanol–water partition coefficient (Wildman–Crippen LogP) is 4.88. The summed E-state index contributed by atoms with van der Waals surface area (Å²) in [4.78, 5) is 12.4. The Balaban J connectivity index is 2.03. The second-order valence-corrected chi connectivity index (χ2v) is 7.84. The van der Waals surface area contributed by atoms with E-state index in [-0.39, 0.29) is 16.4 Å². The van der Waals surface area contributed by atoms with Crippen LogP contribution in [0.3, 0.4) is 0 Å². The molecule has 2 N–H and O–H groups in total. The Hall–Kier alpha value is -1.92. The topological polar surface area (TPSA) is 50.4 Å². The highest BCUT2D eigenvalue weighted by molar-refractivity contribution is 9.10. The van der Waals surface area contributed by atoms with Crippen molar-refractivity contribution in [2.24, 2.45) is 0 Å². The summed E-state index contributed by atoms with van der Waals surface area (Å²) < 4.78 is 6.01. The summed E-state index contributed by atoms with van der Waals surface area (Å²) >= 11 is 8.75. The Bertz CT molecular complexity index is 783. The van der Waals surface area contributed by atoms with E-state index in [1.165, 1.54) is 0 Å². The average molecular weight is 421 g/mol. The van der Waals surface area contributed by atoms with Gasteiger partial charge in [0.1, 0.15) is 5.75 Å². The van der Waals surface area contributed by atoms with E-state index in [2.05, 4.69) is 47.3 Å². The molecule has 0 radical (unpaired) electrons. The molecule has 0 fully saturated rings. The van der Waals surface area contributed by atoms with Gasteiger partial charge in [-0.25, -0.2) is 0 Å². The van der Waals surface area contributed by atoms with Crippen molar-refractivity contribution in [1.82, 2.24) is 5.32 Å². The highest BCUT2D eigenvalue weighted by Gasteiger charge is 2.18. The van der Waals surface area contributed by atoms with Gasteiger partial charge in [0.15, 0.2) is 5.11 Å². The molecule has 4 nitrogen and oxygen atoms in total. The summed E-state index contributed by atoms with van der Waals surface area (Å²) in [6, 6.07) is 12.9. The monoisotopic (exact) mass is 420 g/mol. The molecule has 0 aliphatic carbocycles. The van der Waals surface area contributed by atoms with Gasteiger partial charge >= 0.3 is 0 Å². The second kappa shape index (κ2) is 7.97. The number of carbonyl (C=O) groups is 1. The number of rotatable bonds is 3. The minimum absolute atomic E-state index is 0.000931. The maximum absolute atomic E-state index is 12.4. The van der Waals surface area contributed by atoms with Crippen molar-refractivity contribution in [3.05, 3.63) is 58.1 Å². The molecule has 0 saturated heterocycles. The number of benzene rings is 2. The smallest absolute Gasteiger partial charge is 0.257 e. The van der Waals surface area contributed by atoms with Crippen LogP contribution in [0.5, 0.6) is 5.75 Å². The SMILES string of the molecule is COc1ccc(NC(=S)NC(=O)c2ccc(C(C)(C)C)c(Br)c2)cc1. The van der Waals surface area contributed by atoms with E-state index in [0.29, 0.717) is 5.56 Å². The summed E-state index contributed by atoms with van der Waals surface area (Å²) in [5.74, 6) is 0.497. The Morgan fingerprint density at radius 1 is 1.12 bits per heavy atom. The molecule has 2 rings (SSSR count). The van der Waals surface area contributed by atoms with Crippen LogP contribution in [-0.2, 0) is 5.41 Å². The van der Waals surface area contributed by atoms with E-state index in [1.54, 1.807) is 13.2 Å². The molecule has 0 aromatic heterocycles. The van der Waals surface area contributed by atoms with Crippen molar-refractivity contribution >= 4 is 44.9 Å². The lowest BCUT2D eigenvalue weighted by molar-refractivity contribution is 0.0977. The Kier molecular flexibility index (Phi) is 6.19. The zero-order valence-corrected chi connectivity index (χ0v) is 17.0. The minimum Gasteiger partial charge on any atom is -0.497 e.